The Bertz CT molecular complexity index is 3080. The molecule has 10 nitrogen and oxygen atoms in total. The van der Waals surface area contributed by atoms with Crippen LogP contribution in [0.25, 0.3) is 17.1 Å². The Labute approximate surface area is 343 Å². The first-order valence-corrected chi connectivity index (χ1v) is 17.8. The van der Waals surface area contributed by atoms with Gasteiger partial charge < -0.3 is 9.80 Å². The van der Waals surface area contributed by atoms with Gasteiger partial charge in [-0.15, -0.1) is 0 Å². The third-order valence-corrected chi connectivity index (χ3v) is 9.56. The highest BCUT2D eigenvalue weighted by molar-refractivity contribution is 5.82. The third-order valence-electron chi connectivity index (χ3n) is 9.56. The number of nitrogens with zero attached hydrogens (tertiary/aromatic N) is 9. The minimum absolute atomic E-state index is 0.708. The fourth-order valence-corrected chi connectivity index (χ4v) is 6.94. The van der Waals surface area contributed by atoms with Crippen molar-refractivity contribution in [2.75, 3.05) is 16.8 Å². The molecule has 0 aliphatic carbocycles. The predicted molar refractivity (Wildman–Crippen MR) is 219 cm³/mol. The normalized spacial score (nSPS) is 17.6. The maximum absolute atomic E-state index is 7.92. The molecule has 1 N–H and O–H groups in total. The first kappa shape index (κ1) is 23.5. The van der Waals surface area contributed by atoms with Crippen molar-refractivity contribution in [1.29, 1.82) is 0 Å². The number of nitrogens with one attached hydrogen (secondary N) is 1. The standard InChI is InChI=1S/C46H44N10/c1-47-21-25-51(33-47)39-9-5-13-43(29-39)55(44-14-6-10-40(30-44)52-26-22-48(2)34-52)37-17-19-38(20-18-37)56(45-15-7-11-41(31-45)53-27-23-49(3)35-53)46-16-8-12-42(32-46)54-28-24-50(4)36-54/h5-36H,1-4H3/q+4/p+1/i1D3,2D3,3D3,4D3. The molecule has 0 bridgehead atoms. The van der Waals surface area contributed by atoms with Crippen LogP contribution in [0.1, 0.15) is 16.4 Å². The van der Waals surface area contributed by atoms with E-state index in [-0.39, 0.29) is 0 Å². The third kappa shape index (κ3) is 6.92. The van der Waals surface area contributed by atoms with Crippen LogP contribution in [0.5, 0.6) is 0 Å². The summed E-state index contributed by atoms with van der Waals surface area (Å²) in [6, 6.07) is 38.7. The second-order valence-corrected chi connectivity index (χ2v) is 13.3. The van der Waals surface area contributed by atoms with Gasteiger partial charge in [0.25, 0.3) is 0 Å². The second kappa shape index (κ2) is 14.5. The molecular formula is C46H45N10+5. The van der Waals surface area contributed by atoms with E-state index in [1.165, 1.54) is 62.0 Å². The first-order chi connectivity index (χ1) is 32.2. The largest absolute Gasteiger partial charge is 0.340 e. The molecule has 1 atom stereocenters. The lowest BCUT2D eigenvalue weighted by Crippen LogP contribution is -3.00. The number of aromatic nitrogens is 6. The van der Waals surface area contributed by atoms with E-state index in [9.17, 15) is 0 Å². The van der Waals surface area contributed by atoms with E-state index < -0.39 is 27.9 Å². The Kier molecular flexibility index (Phi) is 6.08. The Morgan fingerprint density at radius 1 is 0.554 bits per heavy atom. The van der Waals surface area contributed by atoms with Gasteiger partial charge in [0.2, 0.25) is 25.2 Å². The zero-order valence-corrected chi connectivity index (χ0v) is 30.0. The average molecular weight is 750 g/mol. The predicted octanol–water partition coefficient (Wildman–Crippen LogP) is 6.14. The molecular weight excluding hydrogens is 693 g/mol. The number of rotatable bonds is 10. The molecule has 3 aromatic heterocycles. The minimum atomic E-state index is -2.36. The summed E-state index contributed by atoms with van der Waals surface area (Å²) >= 11 is 0. The van der Waals surface area contributed by atoms with E-state index in [1.54, 1.807) is 44.8 Å². The van der Waals surface area contributed by atoms with E-state index >= 15 is 0 Å². The average Bonchev–Trinajstić information content (AvgIpc) is 4.14. The Hall–Kier alpha value is -7.30. The molecule has 0 amide bonds. The summed E-state index contributed by atoms with van der Waals surface area (Å²) in [7, 11) is 0. The molecule has 1 aliphatic heterocycles. The Morgan fingerprint density at radius 2 is 1.14 bits per heavy atom. The van der Waals surface area contributed by atoms with Crippen LogP contribution in [-0.4, -0.2) is 31.6 Å². The second-order valence-electron chi connectivity index (χ2n) is 13.3. The van der Waals surface area contributed by atoms with Crippen LogP contribution in [0.15, 0.2) is 190 Å². The molecule has 10 heteroatoms. The quantitative estimate of drug-likeness (QED) is 0.171. The van der Waals surface area contributed by atoms with Crippen LogP contribution in [0, 0.1) is 0 Å². The smallest absolute Gasteiger partial charge is 0.310 e. The summed E-state index contributed by atoms with van der Waals surface area (Å²) in [5, 5.41) is 0. The number of anilines is 6. The highest BCUT2D eigenvalue weighted by atomic mass is 15.2. The van der Waals surface area contributed by atoms with E-state index in [0.29, 0.717) is 17.1 Å². The molecule has 0 saturated heterocycles. The van der Waals surface area contributed by atoms with E-state index in [2.05, 4.69) is 4.90 Å². The highest BCUT2D eigenvalue weighted by Crippen LogP contribution is 2.40. The van der Waals surface area contributed by atoms with Gasteiger partial charge in [-0.05, 0) is 66.7 Å². The van der Waals surface area contributed by atoms with Gasteiger partial charge in [-0.25, -0.2) is 27.4 Å². The van der Waals surface area contributed by atoms with Crippen LogP contribution >= 0.6 is 0 Å². The summed E-state index contributed by atoms with van der Waals surface area (Å²) in [6.45, 7) is -9.42. The SMILES string of the molecule is [2H]C([2H])([2H])n1cc[n+](-c2cccc(N(c3ccc(N(c4cccc(-n5cc[n+](C([2H])([2H])[2H])c5)c4)c4cccc(-n5cc[n+](C([2H])([2H])[2H])c5)c4)cc3)c3cccc([NH+]4C=C[N+](C([2H])([2H])[2H])=C4)c3)c2)c1. The number of hydrogen-bond acceptors (Lipinski definition) is 2. The van der Waals surface area contributed by atoms with Gasteiger partial charge in [0.05, 0.1) is 56.0 Å². The topological polar surface area (TPSA) is 40.4 Å². The van der Waals surface area contributed by atoms with Crippen molar-refractivity contribution in [2.45, 2.75) is 0 Å². The minimum Gasteiger partial charge on any atom is -0.310 e. The van der Waals surface area contributed by atoms with Crippen molar-refractivity contribution in [3.05, 3.63) is 190 Å². The number of imidazole rings is 3. The van der Waals surface area contributed by atoms with Crippen molar-refractivity contribution in [3.8, 4) is 17.1 Å². The zero-order chi connectivity index (χ0) is 48.2. The Morgan fingerprint density at radius 3 is 1.70 bits per heavy atom. The van der Waals surface area contributed by atoms with E-state index in [4.69, 9.17) is 16.4 Å². The van der Waals surface area contributed by atoms with Gasteiger partial charge in [0.1, 0.15) is 71.0 Å². The zero-order valence-electron chi connectivity index (χ0n) is 42.0. The van der Waals surface area contributed by atoms with Crippen LogP contribution in [0.4, 0.5) is 39.8 Å². The maximum Gasteiger partial charge on any atom is 0.340 e. The molecule has 5 aromatic carbocycles. The van der Waals surface area contributed by atoms with Crippen molar-refractivity contribution in [1.82, 2.24) is 13.7 Å². The lowest BCUT2D eigenvalue weighted by molar-refractivity contribution is -0.672. The number of quaternary nitrogens is 1. The molecule has 0 fully saturated rings. The summed E-state index contributed by atoms with van der Waals surface area (Å²) in [6.07, 6.45) is 19.0. The number of aryl methyl sites for hydroxylation is 3. The van der Waals surface area contributed by atoms with Gasteiger partial charge in [-0.1, -0.05) is 24.3 Å². The van der Waals surface area contributed by atoms with Gasteiger partial charge in [0, 0.05) is 41.7 Å². The number of benzene rings is 5. The molecule has 8 aromatic rings. The van der Waals surface area contributed by atoms with Gasteiger partial charge in [-0.2, -0.15) is 9.48 Å². The highest BCUT2D eigenvalue weighted by Gasteiger charge is 2.22. The lowest BCUT2D eigenvalue weighted by Gasteiger charge is -2.28. The summed E-state index contributed by atoms with van der Waals surface area (Å²) < 4.78 is 105. The molecule has 4 heterocycles. The summed E-state index contributed by atoms with van der Waals surface area (Å²) in [5.41, 5.74) is 7.44. The van der Waals surface area contributed by atoms with Crippen LogP contribution < -0.4 is 28.4 Å². The fourth-order valence-electron chi connectivity index (χ4n) is 6.94. The summed E-state index contributed by atoms with van der Waals surface area (Å²) in [5.74, 6) is 0. The van der Waals surface area contributed by atoms with Gasteiger partial charge in [-0.3, -0.25) is 0 Å². The maximum atomic E-state index is 7.92. The molecule has 9 rings (SSSR count). The monoisotopic (exact) mass is 749 g/mol. The Balaban J connectivity index is 1.16. The van der Waals surface area contributed by atoms with E-state index in [0.717, 1.165) is 44.7 Å². The van der Waals surface area contributed by atoms with Crippen LogP contribution in [0.2, 0.25) is 0 Å². The first-order valence-electron chi connectivity index (χ1n) is 23.8. The molecule has 0 spiro atoms. The molecule has 0 radical (unpaired) electrons. The molecule has 1 unspecified atom stereocenters. The summed E-state index contributed by atoms with van der Waals surface area (Å²) in [4.78, 5) is 4.82. The number of hydrogen-bond donors (Lipinski definition) is 1. The van der Waals surface area contributed by atoms with Crippen molar-refractivity contribution in [2.24, 2.45) is 20.9 Å². The molecule has 274 valence electrons. The van der Waals surface area contributed by atoms with Crippen molar-refractivity contribution >= 4 is 46.2 Å². The van der Waals surface area contributed by atoms with Crippen molar-refractivity contribution < 1.29 is 39.6 Å². The van der Waals surface area contributed by atoms with Crippen LogP contribution in [0.3, 0.4) is 0 Å². The van der Waals surface area contributed by atoms with Gasteiger partial charge in [0.15, 0.2) is 6.20 Å². The van der Waals surface area contributed by atoms with Crippen molar-refractivity contribution in [3.63, 3.8) is 0 Å². The lowest BCUT2D eigenvalue weighted by atomic mass is 10.1. The van der Waals surface area contributed by atoms with Crippen LogP contribution in [-0.2, 0) is 20.9 Å². The van der Waals surface area contributed by atoms with E-state index in [1.807, 2.05) is 126 Å². The molecule has 56 heavy (non-hydrogen) atoms. The fraction of sp³-hybridized carbons (Fsp3) is 0.0870. The molecule has 0 saturated carbocycles. The molecule has 1 aliphatic rings. The van der Waals surface area contributed by atoms with Gasteiger partial charge >= 0.3 is 6.34 Å².